The maximum Gasteiger partial charge on any atom is 0.410 e. The molecule has 1 atom stereocenters. The molecular weight excluding hydrogens is 613 g/mol. The van der Waals surface area contributed by atoms with Gasteiger partial charge in [0, 0.05) is 49.7 Å². The topological polar surface area (TPSA) is 128 Å². The highest BCUT2D eigenvalue weighted by atomic mass is 19.1. The largest absolute Gasteiger partial charge is 0.457 e. The molecular formula is C37H48FN5O5. The molecule has 3 heterocycles. The van der Waals surface area contributed by atoms with Crippen LogP contribution < -0.4 is 10.1 Å². The van der Waals surface area contributed by atoms with Gasteiger partial charge in [-0.25, -0.2) is 9.18 Å². The van der Waals surface area contributed by atoms with Crippen LogP contribution in [0.1, 0.15) is 80.8 Å². The van der Waals surface area contributed by atoms with Crippen LogP contribution >= 0.6 is 0 Å². The average molecular weight is 662 g/mol. The molecule has 3 aliphatic rings. The van der Waals surface area contributed by atoms with E-state index >= 15 is 4.39 Å². The number of hydrogen-bond donors (Lipinski definition) is 3. The van der Waals surface area contributed by atoms with Crippen molar-refractivity contribution >= 4 is 23.4 Å². The summed E-state index contributed by atoms with van der Waals surface area (Å²) in [5.41, 5.74) is 1.62. The molecule has 10 nitrogen and oxygen atoms in total. The number of rotatable bonds is 13. The lowest BCUT2D eigenvalue weighted by Crippen LogP contribution is -2.49. The van der Waals surface area contributed by atoms with Gasteiger partial charge in [-0.05, 0) is 92.1 Å². The van der Waals surface area contributed by atoms with Gasteiger partial charge in [-0.2, -0.15) is 0 Å². The summed E-state index contributed by atoms with van der Waals surface area (Å²) in [5.74, 6) is -0.431. The Morgan fingerprint density at radius 3 is 2.46 bits per heavy atom. The van der Waals surface area contributed by atoms with Crippen LogP contribution in [0.3, 0.4) is 0 Å². The van der Waals surface area contributed by atoms with Crippen molar-refractivity contribution in [2.75, 3.05) is 32.8 Å². The Morgan fingerprint density at radius 1 is 1.08 bits per heavy atom. The van der Waals surface area contributed by atoms with Crippen LogP contribution in [0.25, 0.3) is 0 Å². The second-order valence-corrected chi connectivity index (χ2v) is 13.2. The number of nitrogens with one attached hydrogen (secondary N) is 3. The molecule has 5 rings (SSSR count). The zero-order valence-electron chi connectivity index (χ0n) is 28.2. The second-order valence-electron chi connectivity index (χ2n) is 13.2. The zero-order chi connectivity index (χ0) is 34.2. The van der Waals surface area contributed by atoms with Crippen LogP contribution in [-0.2, 0) is 16.0 Å². The number of benzene rings is 2. The fourth-order valence-electron chi connectivity index (χ4n) is 6.38. The predicted octanol–water partition coefficient (Wildman–Crippen LogP) is 6.71. The molecule has 0 bridgehead atoms. The number of nitrogens with zero attached hydrogens (tertiary/aromatic N) is 2. The molecule has 2 aromatic rings. The zero-order valence-corrected chi connectivity index (χ0v) is 28.2. The lowest BCUT2D eigenvalue weighted by molar-refractivity contribution is 0.0238. The number of carbonyl (C=O) groups is 2. The van der Waals surface area contributed by atoms with Crippen molar-refractivity contribution in [1.29, 1.82) is 10.8 Å². The lowest BCUT2D eigenvalue weighted by atomic mass is 9.99. The maximum atomic E-state index is 15.7. The van der Waals surface area contributed by atoms with Crippen LogP contribution in [0.4, 0.5) is 9.18 Å². The first-order valence-electron chi connectivity index (χ1n) is 17.1. The Kier molecular flexibility index (Phi) is 12.0. The van der Waals surface area contributed by atoms with Crippen molar-refractivity contribution in [1.82, 2.24) is 15.1 Å². The van der Waals surface area contributed by atoms with Crippen LogP contribution in [0.2, 0.25) is 0 Å². The smallest absolute Gasteiger partial charge is 0.410 e. The third-order valence-electron chi connectivity index (χ3n) is 9.33. The quantitative estimate of drug-likeness (QED) is 0.205. The van der Waals surface area contributed by atoms with Crippen molar-refractivity contribution in [2.45, 2.75) is 84.0 Å². The third-order valence-corrected chi connectivity index (χ3v) is 9.33. The van der Waals surface area contributed by atoms with E-state index in [0.29, 0.717) is 35.2 Å². The molecule has 3 N–H and O–H groups in total. The van der Waals surface area contributed by atoms with Gasteiger partial charge in [0.05, 0.1) is 24.4 Å². The molecule has 0 aromatic heterocycles. The highest BCUT2D eigenvalue weighted by Crippen LogP contribution is 2.32. The minimum absolute atomic E-state index is 0.0620. The molecule has 0 radical (unpaired) electrons. The number of allylic oxidation sites excluding steroid dienone is 2. The molecule has 0 saturated carbocycles. The van der Waals surface area contributed by atoms with E-state index in [2.05, 4.69) is 10.2 Å². The van der Waals surface area contributed by atoms with E-state index < -0.39 is 17.8 Å². The first-order valence-corrected chi connectivity index (χ1v) is 17.1. The third kappa shape index (κ3) is 9.08. The molecule has 0 aliphatic carbocycles. The normalized spacial score (nSPS) is 19.6. The molecule has 0 spiro atoms. The Hall–Kier alpha value is -4.09. The number of carbonyl (C=O) groups excluding carboxylic acids is 2. The molecule has 258 valence electrons. The van der Waals surface area contributed by atoms with Gasteiger partial charge in [0.25, 0.3) is 5.91 Å². The Balaban J connectivity index is 1.32. The minimum atomic E-state index is -0.685. The van der Waals surface area contributed by atoms with Crippen molar-refractivity contribution < 1.29 is 28.2 Å². The Labute approximate surface area is 282 Å². The summed E-state index contributed by atoms with van der Waals surface area (Å²) in [7, 11) is 0. The van der Waals surface area contributed by atoms with Crippen LogP contribution in [0, 0.1) is 22.6 Å². The number of ether oxygens (including phenoxy) is 3. The van der Waals surface area contributed by atoms with Crippen molar-refractivity contribution in [2.24, 2.45) is 5.92 Å². The van der Waals surface area contributed by atoms with Gasteiger partial charge in [0.2, 0.25) is 0 Å². The predicted molar refractivity (Wildman–Crippen MR) is 183 cm³/mol. The number of amides is 2. The SMILES string of the molecule is CCCC1CN(Cc2cc(F)c(C(=O)NC3CCN(C4CCOCC4)CC3)cc2Oc2ccc(C(=N)/C=C\C(=N)C(C)C)cc2)C(=O)O1. The summed E-state index contributed by atoms with van der Waals surface area (Å²) in [4.78, 5) is 30.1. The second kappa shape index (κ2) is 16.3. The van der Waals surface area contributed by atoms with Gasteiger partial charge in [-0.15, -0.1) is 0 Å². The minimum Gasteiger partial charge on any atom is -0.457 e. The summed E-state index contributed by atoms with van der Waals surface area (Å²) in [6, 6.07) is 10.0. The van der Waals surface area contributed by atoms with E-state index in [-0.39, 0.29) is 41.6 Å². The van der Waals surface area contributed by atoms with Crippen LogP contribution in [0.15, 0.2) is 48.6 Å². The Bertz CT molecular complexity index is 1500. The van der Waals surface area contributed by atoms with E-state index in [1.807, 2.05) is 20.8 Å². The van der Waals surface area contributed by atoms with Gasteiger partial charge < -0.3 is 40.1 Å². The molecule has 3 saturated heterocycles. The Morgan fingerprint density at radius 2 is 1.79 bits per heavy atom. The molecule has 2 amide bonds. The number of hydrogen-bond acceptors (Lipinski definition) is 8. The molecule has 3 aliphatic heterocycles. The lowest BCUT2D eigenvalue weighted by Gasteiger charge is -2.39. The molecule has 2 aromatic carbocycles. The summed E-state index contributed by atoms with van der Waals surface area (Å²) >= 11 is 0. The van der Waals surface area contributed by atoms with Gasteiger partial charge >= 0.3 is 6.09 Å². The van der Waals surface area contributed by atoms with E-state index in [4.69, 9.17) is 25.0 Å². The van der Waals surface area contributed by atoms with Crippen LogP contribution in [-0.4, -0.2) is 84.3 Å². The highest BCUT2D eigenvalue weighted by molar-refractivity contribution is 6.10. The highest BCUT2D eigenvalue weighted by Gasteiger charge is 2.32. The molecule has 11 heteroatoms. The summed E-state index contributed by atoms with van der Waals surface area (Å²) in [5, 5.41) is 19.4. The number of halogens is 1. The summed E-state index contributed by atoms with van der Waals surface area (Å²) < 4.78 is 32.9. The van der Waals surface area contributed by atoms with Crippen molar-refractivity contribution in [3.63, 3.8) is 0 Å². The van der Waals surface area contributed by atoms with E-state index in [1.54, 1.807) is 36.4 Å². The molecule has 1 unspecified atom stereocenters. The standard InChI is InChI=1S/C37H48FN5O5/c1-4-5-30-23-43(37(45)48-30)22-26-20-32(38)31(36(44)41-27-12-16-42(17-13-27)28-14-18-46-19-15-28)21-35(26)47-29-8-6-25(7-9-29)34(40)11-10-33(39)24(2)3/h6-11,20-21,24,27-28,30,39-40H,4-5,12-19,22-23H2,1-3H3,(H,41,44)/b11-10-,39-33?,40-34?. The summed E-state index contributed by atoms with van der Waals surface area (Å²) in [6.07, 6.45) is 7.77. The monoisotopic (exact) mass is 661 g/mol. The number of cyclic esters (lactones) is 1. The molecule has 48 heavy (non-hydrogen) atoms. The number of piperidine rings is 1. The van der Waals surface area contributed by atoms with Gasteiger partial charge in [-0.3, -0.25) is 4.79 Å². The van der Waals surface area contributed by atoms with Crippen LogP contribution in [0.5, 0.6) is 11.5 Å². The van der Waals surface area contributed by atoms with Gasteiger partial charge in [0.1, 0.15) is 23.4 Å². The summed E-state index contributed by atoms with van der Waals surface area (Å²) in [6.45, 7) is 9.65. The first-order chi connectivity index (χ1) is 23.1. The fourth-order valence-corrected chi connectivity index (χ4v) is 6.38. The maximum absolute atomic E-state index is 15.7. The van der Waals surface area contributed by atoms with E-state index in [9.17, 15) is 9.59 Å². The fraction of sp³-hybridized carbons (Fsp3) is 0.514. The average Bonchev–Trinajstić information content (AvgIpc) is 3.43. The van der Waals surface area contributed by atoms with Gasteiger partial charge in [-0.1, -0.05) is 27.2 Å². The molecule has 3 fully saturated rings. The van der Waals surface area contributed by atoms with E-state index in [1.165, 1.54) is 17.0 Å². The first kappa shape index (κ1) is 35.2. The van der Waals surface area contributed by atoms with Gasteiger partial charge in [0.15, 0.2) is 0 Å². The van der Waals surface area contributed by atoms with Crippen molar-refractivity contribution in [3.05, 3.63) is 71.1 Å². The van der Waals surface area contributed by atoms with E-state index in [0.717, 1.165) is 64.8 Å². The van der Waals surface area contributed by atoms with Crippen molar-refractivity contribution in [3.8, 4) is 11.5 Å². The number of likely N-dealkylation sites (tertiary alicyclic amines) is 1.